The van der Waals surface area contributed by atoms with Crippen LogP contribution in [0.3, 0.4) is 0 Å². The van der Waals surface area contributed by atoms with E-state index in [0.717, 1.165) is 0 Å². The monoisotopic (exact) mass is 310 g/mol. The summed E-state index contributed by atoms with van der Waals surface area (Å²) in [5.74, 6) is 1.28. The Morgan fingerprint density at radius 1 is 1.57 bits per heavy atom. The fourth-order valence-electron chi connectivity index (χ4n) is 2.03. The van der Waals surface area contributed by atoms with Crippen molar-refractivity contribution in [3.05, 3.63) is 22.4 Å². The van der Waals surface area contributed by atoms with Crippen molar-refractivity contribution >= 4 is 28.7 Å². The first-order chi connectivity index (χ1) is 10.0. The van der Waals surface area contributed by atoms with Gasteiger partial charge in [0.15, 0.2) is 5.65 Å². The summed E-state index contributed by atoms with van der Waals surface area (Å²) in [6.45, 7) is 3.60. The Bertz CT molecular complexity index is 695. The van der Waals surface area contributed by atoms with Crippen LogP contribution in [0.15, 0.2) is 10.9 Å². The maximum absolute atomic E-state index is 11.6. The highest BCUT2D eigenvalue weighted by Crippen LogP contribution is 2.14. The molecule has 2 aromatic heterocycles. The minimum absolute atomic E-state index is 0.298. The number of nitrogens with two attached hydrogens (primary N) is 1. The lowest BCUT2D eigenvalue weighted by atomic mass is 10.3. The Morgan fingerprint density at radius 2 is 2.33 bits per heavy atom. The van der Waals surface area contributed by atoms with Crippen LogP contribution in [0.4, 0.5) is 5.82 Å². The summed E-state index contributed by atoms with van der Waals surface area (Å²) in [7, 11) is 1.64. The van der Waals surface area contributed by atoms with Crippen molar-refractivity contribution in [1.29, 1.82) is 0 Å². The number of fused-ring (bicyclic) bond motifs is 1. The third kappa shape index (κ3) is 3.56. The molecule has 0 amide bonds. The van der Waals surface area contributed by atoms with Gasteiger partial charge in [-0.25, -0.2) is 19.3 Å². The molecule has 8 nitrogen and oxygen atoms in total. The molecule has 21 heavy (non-hydrogen) atoms. The van der Waals surface area contributed by atoms with Gasteiger partial charge in [-0.05, 0) is 6.92 Å². The molecule has 0 aliphatic heterocycles. The van der Waals surface area contributed by atoms with Crippen molar-refractivity contribution in [2.75, 3.05) is 31.7 Å². The second-order valence-electron chi connectivity index (χ2n) is 4.58. The standard InChI is InChI=1S/C12H18N6O2S/c1-8-14-10(7-11-15-16-12(19)18(8)11)17(5-6-20-2)4-3-9(13)21/h7H,3-6H2,1-2H3,(H2,13,21)(H,16,19). The molecule has 3 N–H and O–H groups in total. The fraction of sp³-hybridized carbons (Fsp3) is 0.500. The van der Waals surface area contributed by atoms with E-state index in [1.54, 1.807) is 20.1 Å². The summed E-state index contributed by atoms with van der Waals surface area (Å²) in [6.07, 6.45) is 0.582. The highest BCUT2D eigenvalue weighted by atomic mass is 32.1. The van der Waals surface area contributed by atoms with Gasteiger partial charge in [-0.15, -0.1) is 0 Å². The van der Waals surface area contributed by atoms with Gasteiger partial charge in [-0.2, -0.15) is 5.10 Å². The SMILES string of the molecule is COCCN(CCC(N)=S)c1cc2n[nH]c(=O)n2c(C)n1. The Balaban J connectivity index is 2.33. The number of methoxy groups -OCH3 is 1. The fourth-order valence-corrected chi connectivity index (χ4v) is 2.12. The molecule has 0 bridgehead atoms. The minimum atomic E-state index is -0.298. The van der Waals surface area contributed by atoms with Gasteiger partial charge < -0.3 is 15.4 Å². The molecular formula is C12H18N6O2S. The average Bonchev–Trinajstić information content (AvgIpc) is 2.80. The van der Waals surface area contributed by atoms with Crippen molar-refractivity contribution in [1.82, 2.24) is 19.6 Å². The van der Waals surface area contributed by atoms with Crippen LogP contribution in [0, 0.1) is 6.92 Å². The van der Waals surface area contributed by atoms with Crippen LogP contribution in [-0.4, -0.2) is 51.4 Å². The molecule has 0 saturated heterocycles. The largest absolute Gasteiger partial charge is 0.393 e. The minimum Gasteiger partial charge on any atom is -0.393 e. The van der Waals surface area contributed by atoms with E-state index < -0.39 is 0 Å². The van der Waals surface area contributed by atoms with Crippen LogP contribution in [0.5, 0.6) is 0 Å². The molecular weight excluding hydrogens is 292 g/mol. The third-order valence-corrected chi connectivity index (χ3v) is 3.28. The summed E-state index contributed by atoms with van der Waals surface area (Å²) in [5, 5.41) is 6.39. The molecule has 114 valence electrons. The molecule has 0 atom stereocenters. The smallest absolute Gasteiger partial charge is 0.349 e. The van der Waals surface area contributed by atoms with Gasteiger partial charge in [0.05, 0.1) is 11.6 Å². The molecule has 0 aromatic carbocycles. The topological polar surface area (TPSA) is 102 Å². The van der Waals surface area contributed by atoms with Crippen LogP contribution in [0.2, 0.25) is 0 Å². The van der Waals surface area contributed by atoms with E-state index in [0.29, 0.717) is 48.4 Å². The van der Waals surface area contributed by atoms with Gasteiger partial charge in [0, 0.05) is 32.7 Å². The van der Waals surface area contributed by atoms with Crippen molar-refractivity contribution in [3.8, 4) is 0 Å². The Morgan fingerprint density at radius 3 is 3.00 bits per heavy atom. The molecule has 0 aliphatic carbocycles. The van der Waals surface area contributed by atoms with Crippen LogP contribution >= 0.6 is 12.2 Å². The first kappa shape index (κ1) is 15.4. The number of hydrogen-bond donors (Lipinski definition) is 2. The predicted molar refractivity (Wildman–Crippen MR) is 83.8 cm³/mol. The summed E-state index contributed by atoms with van der Waals surface area (Å²) in [4.78, 5) is 18.5. The number of aromatic amines is 1. The molecule has 2 rings (SSSR count). The van der Waals surface area contributed by atoms with Crippen molar-refractivity contribution < 1.29 is 4.74 Å². The van der Waals surface area contributed by atoms with Gasteiger partial charge in [0.1, 0.15) is 11.6 Å². The highest BCUT2D eigenvalue weighted by molar-refractivity contribution is 7.80. The maximum Gasteiger partial charge on any atom is 0.349 e. The summed E-state index contributed by atoms with van der Waals surface area (Å²) in [6, 6.07) is 1.75. The van der Waals surface area contributed by atoms with Crippen LogP contribution < -0.4 is 16.3 Å². The van der Waals surface area contributed by atoms with Crippen molar-refractivity contribution in [2.24, 2.45) is 5.73 Å². The maximum atomic E-state index is 11.6. The number of ether oxygens (including phenoxy) is 1. The van der Waals surface area contributed by atoms with Gasteiger partial charge in [-0.3, -0.25) is 0 Å². The van der Waals surface area contributed by atoms with Crippen LogP contribution in [0.25, 0.3) is 5.65 Å². The van der Waals surface area contributed by atoms with E-state index >= 15 is 0 Å². The number of nitrogens with one attached hydrogen (secondary N) is 1. The molecule has 0 fully saturated rings. The Kier molecular flexibility index (Phi) is 4.86. The zero-order valence-electron chi connectivity index (χ0n) is 12.0. The van der Waals surface area contributed by atoms with E-state index in [2.05, 4.69) is 15.2 Å². The quantitative estimate of drug-likeness (QED) is 0.686. The number of hydrogen-bond acceptors (Lipinski definition) is 6. The molecule has 0 radical (unpaired) electrons. The highest BCUT2D eigenvalue weighted by Gasteiger charge is 2.13. The van der Waals surface area contributed by atoms with E-state index in [1.165, 1.54) is 4.40 Å². The zero-order chi connectivity index (χ0) is 15.4. The predicted octanol–water partition coefficient (Wildman–Crippen LogP) is -0.145. The van der Waals surface area contributed by atoms with E-state index in [1.807, 2.05) is 4.90 Å². The van der Waals surface area contributed by atoms with Gasteiger partial charge in [0.2, 0.25) is 0 Å². The lowest BCUT2D eigenvalue weighted by Crippen LogP contribution is -2.32. The van der Waals surface area contributed by atoms with Gasteiger partial charge >= 0.3 is 5.69 Å². The van der Waals surface area contributed by atoms with Crippen LogP contribution in [0.1, 0.15) is 12.2 Å². The molecule has 9 heteroatoms. The number of aromatic nitrogens is 4. The third-order valence-electron chi connectivity index (χ3n) is 3.07. The number of rotatable bonds is 7. The van der Waals surface area contributed by atoms with Crippen molar-refractivity contribution in [2.45, 2.75) is 13.3 Å². The van der Waals surface area contributed by atoms with E-state index in [-0.39, 0.29) is 5.69 Å². The molecule has 0 aliphatic rings. The first-order valence-electron chi connectivity index (χ1n) is 6.50. The van der Waals surface area contributed by atoms with Crippen molar-refractivity contribution in [3.63, 3.8) is 0 Å². The zero-order valence-corrected chi connectivity index (χ0v) is 12.8. The van der Waals surface area contributed by atoms with Gasteiger partial charge in [0.25, 0.3) is 0 Å². The molecule has 2 aromatic rings. The van der Waals surface area contributed by atoms with E-state index in [4.69, 9.17) is 22.7 Å². The molecule has 0 saturated carbocycles. The van der Waals surface area contributed by atoms with E-state index in [9.17, 15) is 4.79 Å². The first-order valence-corrected chi connectivity index (χ1v) is 6.90. The average molecular weight is 310 g/mol. The second-order valence-corrected chi connectivity index (χ2v) is 5.10. The number of aryl methyl sites for hydroxylation is 1. The van der Waals surface area contributed by atoms with Gasteiger partial charge in [-0.1, -0.05) is 12.2 Å². The Hall–Kier alpha value is -2.00. The Labute approximate surface area is 126 Å². The number of anilines is 1. The number of thiocarbonyl (C=S) groups is 1. The molecule has 0 unspecified atom stereocenters. The number of nitrogens with zero attached hydrogens (tertiary/aromatic N) is 4. The lowest BCUT2D eigenvalue weighted by Gasteiger charge is -2.23. The second kappa shape index (κ2) is 6.64. The normalized spacial score (nSPS) is 11.0. The summed E-state index contributed by atoms with van der Waals surface area (Å²) in [5.41, 5.74) is 5.79. The lowest BCUT2D eigenvalue weighted by molar-refractivity contribution is 0.205. The molecule has 2 heterocycles. The summed E-state index contributed by atoms with van der Waals surface area (Å²) < 4.78 is 6.53. The molecule has 0 spiro atoms. The number of H-pyrrole nitrogens is 1. The summed E-state index contributed by atoms with van der Waals surface area (Å²) >= 11 is 4.92. The van der Waals surface area contributed by atoms with Crippen LogP contribution in [-0.2, 0) is 4.74 Å².